The molecule has 1 saturated heterocycles. The molecular weight excluding hydrogens is 314 g/mol. The van der Waals surface area contributed by atoms with Crippen LogP contribution in [-0.2, 0) is 11.2 Å². The van der Waals surface area contributed by atoms with Crippen LogP contribution in [0.25, 0.3) is 0 Å². The molecule has 0 unspecified atom stereocenters. The average molecular weight is 339 g/mol. The van der Waals surface area contributed by atoms with E-state index in [4.69, 9.17) is 0 Å². The van der Waals surface area contributed by atoms with Crippen LogP contribution in [0.2, 0.25) is 0 Å². The highest BCUT2D eigenvalue weighted by Gasteiger charge is 2.22. The molecule has 1 fully saturated rings. The van der Waals surface area contributed by atoms with Crippen LogP contribution >= 0.6 is 0 Å². The van der Waals surface area contributed by atoms with Gasteiger partial charge >= 0.3 is 0 Å². The second kappa shape index (κ2) is 7.59. The summed E-state index contributed by atoms with van der Waals surface area (Å²) in [6.45, 7) is 9.18. The van der Waals surface area contributed by atoms with Gasteiger partial charge in [-0.3, -0.25) is 9.78 Å². The molecule has 132 valence electrons. The van der Waals surface area contributed by atoms with Gasteiger partial charge in [0, 0.05) is 38.1 Å². The Morgan fingerprint density at radius 2 is 1.84 bits per heavy atom. The van der Waals surface area contributed by atoms with Gasteiger partial charge in [-0.05, 0) is 36.6 Å². The summed E-state index contributed by atoms with van der Waals surface area (Å²) in [6.07, 6.45) is 2.24. The van der Waals surface area contributed by atoms with Crippen molar-refractivity contribution in [1.82, 2.24) is 20.1 Å². The van der Waals surface area contributed by atoms with Gasteiger partial charge in [-0.25, -0.2) is 0 Å². The van der Waals surface area contributed by atoms with Crippen LogP contribution < -0.4 is 4.90 Å². The number of nitrogens with zero attached hydrogens (tertiary/aromatic N) is 5. The summed E-state index contributed by atoms with van der Waals surface area (Å²) >= 11 is 0. The van der Waals surface area contributed by atoms with E-state index in [1.54, 1.807) is 0 Å². The fraction of sp³-hybridized carbons (Fsp3) is 0.474. The Morgan fingerprint density at radius 1 is 1.08 bits per heavy atom. The molecule has 6 heteroatoms. The molecule has 1 amide bonds. The molecule has 0 bridgehead atoms. The summed E-state index contributed by atoms with van der Waals surface area (Å²) in [5.74, 6) is 1.47. The monoisotopic (exact) mass is 339 g/mol. The standard InChI is InChI=1S/C19H25N5O/c1-14(2)16-5-6-17(20-13-16)12-19(25)24-10-8-23(9-11-24)18-7-4-15(3)21-22-18/h4-7,13-14H,8-12H2,1-3H3. The zero-order valence-corrected chi connectivity index (χ0v) is 15.1. The second-order valence-corrected chi connectivity index (χ2v) is 6.82. The normalized spacial score (nSPS) is 14.9. The van der Waals surface area contributed by atoms with Gasteiger partial charge < -0.3 is 9.80 Å². The number of carbonyl (C=O) groups excluding carboxylic acids is 1. The first-order chi connectivity index (χ1) is 12.0. The van der Waals surface area contributed by atoms with Gasteiger partial charge in [-0.15, -0.1) is 5.10 Å². The summed E-state index contributed by atoms with van der Waals surface area (Å²) in [4.78, 5) is 21.0. The van der Waals surface area contributed by atoms with Crippen LogP contribution in [0.1, 0.15) is 36.7 Å². The molecule has 0 aliphatic carbocycles. The van der Waals surface area contributed by atoms with Gasteiger partial charge in [0.1, 0.15) is 0 Å². The molecule has 1 aliphatic rings. The van der Waals surface area contributed by atoms with E-state index in [1.165, 1.54) is 5.56 Å². The lowest BCUT2D eigenvalue weighted by atomic mass is 10.1. The topological polar surface area (TPSA) is 62.2 Å². The minimum Gasteiger partial charge on any atom is -0.352 e. The lowest BCUT2D eigenvalue weighted by Crippen LogP contribution is -2.49. The van der Waals surface area contributed by atoms with Crippen molar-refractivity contribution in [2.24, 2.45) is 0 Å². The lowest BCUT2D eigenvalue weighted by Gasteiger charge is -2.35. The quantitative estimate of drug-likeness (QED) is 0.854. The number of hydrogen-bond donors (Lipinski definition) is 0. The molecule has 2 aromatic rings. The molecule has 0 radical (unpaired) electrons. The Bertz CT molecular complexity index is 704. The van der Waals surface area contributed by atoms with Gasteiger partial charge in [0.05, 0.1) is 12.1 Å². The predicted molar refractivity (Wildman–Crippen MR) is 97.6 cm³/mol. The number of anilines is 1. The summed E-state index contributed by atoms with van der Waals surface area (Å²) in [7, 11) is 0. The van der Waals surface area contributed by atoms with Gasteiger partial charge in [-0.2, -0.15) is 5.10 Å². The Kier molecular flexibility index (Phi) is 5.26. The fourth-order valence-corrected chi connectivity index (χ4v) is 2.89. The number of hydrogen-bond acceptors (Lipinski definition) is 5. The zero-order valence-electron chi connectivity index (χ0n) is 15.1. The van der Waals surface area contributed by atoms with Crippen molar-refractivity contribution in [3.8, 4) is 0 Å². The fourth-order valence-electron chi connectivity index (χ4n) is 2.89. The third-order valence-corrected chi connectivity index (χ3v) is 4.59. The van der Waals surface area contributed by atoms with E-state index in [0.29, 0.717) is 25.4 Å². The van der Waals surface area contributed by atoms with E-state index in [1.807, 2.05) is 36.2 Å². The third kappa shape index (κ3) is 4.32. The summed E-state index contributed by atoms with van der Waals surface area (Å²) < 4.78 is 0. The van der Waals surface area contributed by atoms with Crippen LogP contribution in [0.4, 0.5) is 5.82 Å². The third-order valence-electron chi connectivity index (χ3n) is 4.59. The largest absolute Gasteiger partial charge is 0.352 e. The Balaban J connectivity index is 1.53. The molecule has 2 aromatic heterocycles. The smallest absolute Gasteiger partial charge is 0.228 e. The molecule has 6 nitrogen and oxygen atoms in total. The highest BCUT2D eigenvalue weighted by molar-refractivity contribution is 5.78. The molecule has 3 rings (SSSR count). The zero-order chi connectivity index (χ0) is 17.8. The van der Waals surface area contributed by atoms with Crippen molar-refractivity contribution < 1.29 is 4.79 Å². The number of aryl methyl sites for hydroxylation is 1. The number of rotatable bonds is 4. The van der Waals surface area contributed by atoms with Crippen LogP contribution in [-0.4, -0.2) is 52.2 Å². The number of pyridine rings is 1. The highest BCUT2D eigenvalue weighted by Crippen LogP contribution is 2.15. The van der Waals surface area contributed by atoms with E-state index >= 15 is 0 Å². The number of piperazine rings is 1. The maximum absolute atomic E-state index is 12.5. The van der Waals surface area contributed by atoms with Gasteiger partial charge in [0.15, 0.2) is 5.82 Å². The van der Waals surface area contributed by atoms with Crippen LogP contribution in [0, 0.1) is 6.92 Å². The molecule has 0 saturated carbocycles. The predicted octanol–water partition coefficient (Wildman–Crippen LogP) is 2.19. The van der Waals surface area contributed by atoms with E-state index in [0.717, 1.165) is 30.3 Å². The maximum atomic E-state index is 12.5. The molecule has 0 N–H and O–H groups in total. The first kappa shape index (κ1) is 17.3. The summed E-state index contributed by atoms with van der Waals surface area (Å²) in [5.41, 5.74) is 2.94. The van der Waals surface area contributed by atoms with Gasteiger partial charge in [0.25, 0.3) is 0 Å². The first-order valence-electron chi connectivity index (χ1n) is 8.81. The lowest BCUT2D eigenvalue weighted by molar-refractivity contribution is -0.130. The van der Waals surface area contributed by atoms with E-state index in [2.05, 4.69) is 40.0 Å². The number of carbonyl (C=O) groups is 1. The Hall–Kier alpha value is -2.50. The maximum Gasteiger partial charge on any atom is 0.228 e. The minimum absolute atomic E-state index is 0.138. The molecule has 1 aliphatic heterocycles. The molecule has 25 heavy (non-hydrogen) atoms. The average Bonchev–Trinajstić information content (AvgIpc) is 2.63. The first-order valence-corrected chi connectivity index (χ1v) is 8.81. The minimum atomic E-state index is 0.138. The van der Waals surface area contributed by atoms with Gasteiger partial charge in [0.2, 0.25) is 5.91 Å². The van der Waals surface area contributed by atoms with E-state index < -0.39 is 0 Å². The number of aromatic nitrogens is 3. The highest BCUT2D eigenvalue weighted by atomic mass is 16.2. The van der Waals surface area contributed by atoms with Crippen molar-refractivity contribution >= 4 is 11.7 Å². The van der Waals surface area contributed by atoms with E-state index in [9.17, 15) is 4.79 Å². The van der Waals surface area contributed by atoms with Crippen LogP contribution in [0.5, 0.6) is 0 Å². The Morgan fingerprint density at radius 3 is 2.40 bits per heavy atom. The SMILES string of the molecule is Cc1ccc(N2CCN(C(=O)Cc3ccc(C(C)C)cn3)CC2)nn1. The van der Waals surface area contributed by atoms with Crippen molar-refractivity contribution in [3.05, 3.63) is 47.4 Å². The van der Waals surface area contributed by atoms with E-state index in [-0.39, 0.29) is 5.91 Å². The van der Waals surface area contributed by atoms with Crippen molar-refractivity contribution in [2.45, 2.75) is 33.1 Å². The molecule has 3 heterocycles. The molecular formula is C19H25N5O. The molecule has 0 aromatic carbocycles. The molecule has 0 spiro atoms. The van der Waals surface area contributed by atoms with Crippen LogP contribution in [0.3, 0.4) is 0 Å². The second-order valence-electron chi connectivity index (χ2n) is 6.82. The van der Waals surface area contributed by atoms with Crippen LogP contribution in [0.15, 0.2) is 30.5 Å². The van der Waals surface area contributed by atoms with Gasteiger partial charge in [-0.1, -0.05) is 19.9 Å². The summed E-state index contributed by atoms with van der Waals surface area (Å²) in [6, 6.07) is 7.98. The van der Waals surface area contributed by atoms with Crippen molar-refractivity contribution in [1.29, 1.82) is 0 Å². The summed E-state index contributed by atoms with van der Waals surface area (Å²) in [5, 5.41) is 8.33. The van der Waals surface area contributed by atoms with Crippen molar-refractivity contribution in [2.75, 3.05) is 31.1 Å². The molecule has 0 atom stereocenters. The number of amides is 1. The van der Waals surface area contributed by atoms with Crippen molar-refractivity contribution in [3.63, 3.8) is 0 Å². The Labute approximate surface area is 148 Å².